The standard InChI is InChI=1S/C12H22O8S2/c13-7(5-19-9(15)1-3-21)11(17)12(18)8(14)6-20-10(16)2-4-22/h7-8,11-14,17-18,21-22H,1-6H2/t7-,8+,11-,12-/m1/s1. The van der Waals surface area contributed by atoms with E-state index in [1.807, 2.05) is 0 Å². The zero-order chi connectivity index (χ0) is 17.1. The predicted octanol–water partition coefficient (Wildman–Crippen LogP) is -1.84. The van der Waals surface area contributed by atoms with Gasteiger partial charge in [0.2, 0.25) is 0 Å². The van der Waals surface area contributed by atoms with Crippen molar-refractivity contribution in [2.45, 2.75) is 37.3 Å². The van der Waals surface area contributed by atoms with Gasteiger partial charge in [-0.15, -0.1) is 0 Å². The van der Waals surface area contributed by atoms with Gasteiger partial charge in [0.1, 0.15) is 37.6 Å². The average Bonchev–Trinajstić information content (AvgIpc) is 2.49. The summed E-state index contributed by atoms with van der Waals surface area (Å²) in [6.07, 6.45) is -6.66. The minimum Gasteiger partial charge on any atom is -0.463 e. The van der Waals surface area contributed by atoms with Crippen LogP contribution in [0, 0.1) is 0 Å². The van der Waals surface area contributed by atoms with Gasteiger partial charge in [-0.05, 0) is 0 Å². The van der Waals surface area contributed by atoms with Gasteiger partial charge in [0, 0.05) is 11.5 Å². The highest BCUT2D eigenvalue weighted by Gasteiger charge is 2.31. The van der Waals surface area contributed by atoms with Crippen molar-refractivity contribution in [3.63, 3.8) is 0 Å². The summed E-state index contributed by atoms with van der Waals surface area (Å²) < 4.78 is 9.28. The van der Waals surface area contributed by atoms with Gasteiger partial charge in [0.05, 0.1) is 12.8 Å². The molecule has 0 aromatic heterocycles. The molecule has 22 heavy (non-hydrogen) atoms. The zero-order valence-corrected chi connectivity index (χ0v) is 13.7. The third-order valence-electron chi connectivity index (χ3n) is 2.60. The van der Waals surface area contributed by atoms with Crippen molar-refractivity contribution in [2.75, 3.05) is 24.7 Å². The number of ether oxygens (including phenoxy) is 2. The van der Waals surface area contributed by atoms with Crippen LogP contribution >= 0.6 is 25.3 Å². The third-order valence-corrected chi connectivity index (χ3v) is 3.05. The predicted molar refractivity (Wildman–Crippen MR) is 82.9 cm³/mol. The van der Waals surface area contributed by atoms with Crippen LogP contribution in [-0.2, 0) is 19.1 Å². The van der Waals surface area contributed by atoms with E-state index >= 15 is 0 Å². The Morgan fingerprint density at radius 2 is 1.09 bits per heavy atom. The van der Waals surface area contributed by atoms with Gasteiger partial charge < -0.3 is 29.9 Å². The van der Waals surface area contributed by atoms with E-state index in [9.17, 15) is 30.0 Å². The van der Waals surface area contributed by atoms with Crippen LogP contribution in [0.2, 0.25) is 0 Å². The second kappa shape index (κ2) is 12.0. The molecule has 0 fully saturated rings. The fourth-order valence-electron chi connectivity index (χ4n) is 1.34. The Kier molecular flexibility index (Phi) is 11.7. The van der Waals surface area contributed by atoms with Crippen LogP contribution in [0.1, 0.15) is 12.8 Å². The summed E-state index contributed by atoms with van der Waals surface area (Å²) in [5.41, 5.74) is 0. The van der Waals surface area contributed by atoms with Gasteiger partial charge in [0.15, 0.2) is 0 Å². The summed E-state index contributed by atoms with van der Waals surface area (Å²) in [5, 5.41) is 38.5. The number of thiol groups is 2. The normalized spacial score (nSPS) is 16.5. The highest BCUT2D eigenvalue weighted by molar-refractivity contribution is 7.80. The molecular weight excluding hydrogens is 336 g/mol. The quantitative estimate of drug-likeness (QED) is 0.187. The van der Waals surface area contributed by atoms with E-state index in [4.69, 9.17) is 0 Å². The molecule has 0 radical (unpaired) electrons. The highest BCUT2D eigenvalue weighted by Crippen LogP contribution is 2.07. The lowest BCUT2D eigenvalue weighted by Gasteiger charge is -2.26. The van der Waals surface area contributed by atoms with Gasteiger partial charge in [-0.1, -0.05) is 0 Å². The molecule has 0 aromatic rings. The summed E-state index contributed by atoms with van der Waals surface area (Å²) in [4.78, 5) is 22.1. The molecule has 4 N–H and O–H groups in total. The molecule has 0 spiro atoms. The van der Waals surface area contributed by atoms with Crippen molar-refractivity contribution in [1.29, 1.82) is 0 Å². The smallest absolute Gasteiger partial charge is 0.306 e. The van der Waals surface area contributed by atoms with Crippen molar-refractivity contribution in [1.82, 2.24) is 0 Å². The summed E-state index contributed by atoms with van der Waals surface area (Å²) in [6, 6.07) is 0. The van der Waals surface area contributed by atoms with E-state index in [1.54, 1.807) is 0 Å². The summed E-state index contributed by atoms with van der Waals surface area (Å²) >= 11 is 7.65. The van der Waals surface area contributed by atoms with Gasteiger partial charge in [-0.2, -0.15) is 25.3 Å². The maximum atomic E-state index is 11.1. The Bertz CT molecular complexity index is 309. The lowest BCUT2D eigenvalue weighted by atomic mass is 10.0. The molecule has 0 bridgehead atoms. The zero-order valence-electron chi connectivity index (χ0n) is 11.9. The van der Waals surface area contributed by atoms with Crippen LogP contribution in [0.5, 0.6) is 0 Å². The Balaban J connectivity index is 4.18. The third kappa shape index (κ3) is 8.81. The minimum atomic E-state index is -1.78. The fraction of sp³-hybridized carbons (Fsp3) is 0.833. The van der Waals surface area contributed by atoms with Crippen LogP contribution in [0.25, 0.3) is 0 Å². The first-order valence-corrected chi connectivity index (χ1v) is 7.85. The topological polar surface area (TPSA) is 134 Å². The molecule has 0 aliphatic carbocycles. The SMILES string of the molecule is O=C(CCS)OC[C@@H](O)[C@@H](O)[C@H](O)[C@@H](O)COC(=O)CCS. The van der Waals surface area contributed by atoms with E-state index in [0.29, 0.717) is 0 Å². The molecule has 0 aliphatic heterocycles. The van der Waals surface area contributed by atoms with Gasteiger partial charge in [-0.3, -0.25) is 9.59 Å². The second-order valence-corrected chi connectivity index (χ2v) is 5.32. The largest absolute Gasteiger partial charge is 0.463 e. The number of aliphatic hydroxyl groups is 4. The summed E-state index contributed by atoms with van der Waals surface area (Å²) in [5.74, 6) is -0.679. The molecule has 0 aromatic carbocycles. The lowest BCUT2D eigenvalue weighted by Crippen LogP contribution is -2.48. The number of hydrogen-bond acceptors (Lipinski definition) is 10. The average molecular weight is 358 g/mol. The Morgan fingerprint density at radius 3 is 1.36 bits per heavy atom. The molecule has 0 saturated heterocycles. The Morgan fingerprint density at radius 1 is 0.773 bits per heavy atom. The van der Waals surface area contributed by atoms with E-state index in [1.165, 1.54) is 0 Å². The summed E-state index contributed by atoms with van der Waals surface area (Å²) in [6.45, 7) is -1.09. The van der Waals surface area contributed by atoms with E-state index in [-0.39, 0.29) is 24.3 Å². The number of carbonyl (C=O) groups is 2. The molecular formula is C12H22O8S2. The summed E-state index contributed by atoms with van der Waals surface area (Å²) in [7, 11) is 0. The fourth-order valence-corrected chi connectivity index (χ4v) is 1.70. The first-order valence-electron chi connectivity index (χ1n) is 6.58. The van der Waals surface area contributed by atoms with Crippen molar-refractivity contribution in [2.24, 2.45) is 0 Å². The molecule has 8 nitrogen and oxygen atoms in total. The van der Waals surface area contributed by atoms with Crippen LogP contribution < -0.4 is 0 Å². The van der Waals surface area contributed by atoms with Crippen molar-refractivity contribution >= 4 is 37.2 Å². The van der Waals surface area contributed by atoms with Crippen molar-refractivity contribution < 1.29 is 39.5 Å². The van der Waals surface area contributed by atoms with Gasteiger partial charge in [-0.25, -0.2) is 0 Å². The molecule has 0 unspecified atom stereocenters. The number of esters is 2. The molecule has 10 heteroatoms. The van der Waals surface area contributed by atoms with Gasteiger partial charge >= 0.3 is 11.9 Å². The molecule has 4 atom stereocenters. The number of aliphatic hydroxyl groups excluding tert-OH is 4. The monoisotopic (exact) mass is 358 g/mol. The molecule has 0 amide bonds. The van der Waals surface area contributed by atoms with Crippen molar-refractivity contribution in [3.8, 4) is 0 Å². The molecule has 0 rings (SSSR count). The highest BCUT2D eigenvalue weighted by atomic mass is 32.1. The Hall–Kier alpha value is -0.520. The molecule has 0 saturated carbocycles. The Labute approximate surface area is 139 Å². The molecule has 0 heterocycles. The maximum absolute atomic E-state index is 11.1. The molecule has 0 aliphatic rings. The molecule has 130 valence electrons. The van der Waals surface area contributed by atoms with Crippen LogP contribution in [0.15, 0.2) is 0 Å². The van der Waals surface area contributed by atoms with E-state index in [2.05, 4.69) is 34.7 Å². The first kappa shape index (κ1) is 21.5. The first-order chi connectivity index (χ1) is 10.3. The minimum absolute atomic E-state index is 0.0399. The number of hydrogen-bond donors (Lipinski definition) is 6. The number of carbonyl (C=O) groups excluding carboxylic acids is 2. The second-order valence-electron chi connectivity index (χ2n) is 4.43. The van der Waals surface area contributed by atoms with Crippen LogP contribution in [0.4, 0.5) is 0 Å². The van der Waals surface area contributed by atoms with Crippen LogP contribution in [0.3, 0.4) is 0 Å². The van der Waals surface area contributed by atoms with Crippen molar-refractivity contribution in [3.05, 3.63) is 0 Å². The lowest BCUT2D eigenvalue weighted by molar-refractivity contribution is -0.162. The van der Waals surface area contributed by atoms with Gasteiger partial charge in [0.25, 0.3) is 0 Å². The van der Waals surface area contributed by atoms with Crippen LogP contribution in [-0.4, -0.2) is 81.5 Å². The van der Waals surface area contributed by atoms with E-state index in [0.717, 1.165) is 0 Å². The number of rotatable bonds is 11. The maximum Gasteiger partial charge on any atom is 0.306 e. The van der Waals surface area contributed by atoms with E-state index < -0.39 is 49.6 Å².